The molecule has 0 heterocycles. The second kappa shape index (κ2) is 7.86. The Morgan fingerprint density at radius 1 is 1.04 bits per heavy atom. The predicted octanol–water partition coefficient (Wildman–Crippen LogP) is 4.77. The van der Waals surface area contributed by atoms with Gasteiger partial charge in [-0.25, -0.2) is 8.42 Å². The molecule has 3 nitrogen and oxygen atoms in total. The first-order valence-electron chi connectivity index (χ1n) is 6.97. The first-order valence-corrected chi connectivity index (χ1v) is 9.75. The average Bonchev–Trinajstić information content (AvgIpc) is 2.49. The molecule has 124 valence electrons. The normalized spacial score (nSPS) is 13.0. The van der Waals surface area contributed by atoms with Crippen molar-refractivity contribution in [2.45, 2.75) is 17.9 Å². The number of halogens is 3. The van der Waals surface area contributed by atoms with Gasteiger partial charge in [0.2, 0.25) is 0 Å². The Balaban J connectivity index is 2.03. The summed E-state index contributed by atoms with van der Waals surface area (Å²) in [6.07, 6.45) is 0. The van der Waals surface area contributed by atoms with Gasteiger partial charge in [0.1, 0.15) is 0 Å². The minimum absolute atomic E-state index is 0.0545. The third-order valence-electron chi connectivity index (χ3n) is 3.42. The molecule has 0 saturated carbocycles. The van der Waals surface area contributed by atoms with Crippen molar-refractivity contribution in [3.05, 3.63) is 63.1 Å². The van der Waals surface area contributed by atoms with Crippen LogP contribution in [0.25, 0.3) is 0 Å². The highest BCUT2D eigenvalue weighted by Gasteiger charge is 2.19. The van der Waals surface area contributed by atoms with Crippen molar-refractivity contribution in [2.24, 2.45) is 0 Å². The summed E-state index contributed by atoms with van der Waals surface area (Å²) in [6, 6.07) is 11.8. The van der Waals surface area contributed by atoms with Crippen LogP contribution in [-0.4, -0.2) is 20.7 Å². The van der Waals surface area contributed by atoms with Gasteiger partial charge in [0.15, 0.2) is 9.84 Å². The summed E-state index contributed by atoms with van der Waals surface area (Å²) in [5.74, 6) is -0.0815. The second-order valence-electron chi connectivity index (χ2n) is 5.09. The molecule has 0 radical (unpaired) electrons. The number of rotatable bonds is 6. The highest BCUT2D eigenvalue weighted by atomic mass is 35.5. The van der Waals surface area contributed by atoms with E-state index in [2.05, 4.69) is 5.32 Å². The van der Waals surface area contributed by atoms with Gasteiger partial charge in [0.05, 0.1) is 15.7 Å². The van der Waals surface area contributed by atoms with Gasteiger partial charge >= 0.3 is 0 Å². The van der Waals surface area contributed by atoms with Gasteiger partial charge < -0.3 is 5.32 Å². The van der Waals surface area contributed by atoms with Crippen molar-refractivity contribution in [3.63, 3.8) is 0 Å². The molecule has 0 aliphatic rings. The van der Waals surface area contributed by atoms with E-state index in [9.17, 15) is 8.42 Å². The Kier molecular flexibility index (Phi) is 6.34. The summed E-state index contributed by atoms with van der Waals surface area (Å²) in [5.41, 5.74) is 0.923. The molecular formula is C16H16Cl3NO2S. The van der Waals surface area contributed by atoms with Crippen LogP contribution in [0.1, 0.15) is 18.5 Å². The number of nitrogens with one attached hydrogen (secondary N) is 1. The van der Waals surface area contributed by atoms with Crippen molar-refractivity contribution in [3.8, 4) is 0 Å². The molecule has 2 aromatic carbocycles. The first kappa shape index (κ1) is 18.6. The maximum absolute atomic E-state index is 12.4. The summed E-state index contributed by atoms with van der Waals surface area (Å²) in [5, 5.41) is 4.32. The summed E-state index contributed by atoms with van der Waals surface area (Å²) in [7, 11) is -3.51. The van der Waals surface area contributed by atoms with Crippen LogP contribution in [0.15, 0.2) is 47.4 Å². The molecule has 2 aromatic rings. The molecule has 2 rings (SSSR count). The Bertz CT molecular complexity index is 794. The van der Waals surface area contributed by atoms with E-state index in [-0.39, 0.29) is 28.3 Å². The number of hydrogen-bond acceptors (Lipinski definition) is 3. The van der Waals surface area contributed by atoms with Crippen molar-refractivity contribution in [1.29, 1.82) is 0 Å². The zero-order valence-corrected chi connectivity index (χ0v) is 15.5. The maximum atomic E-state index is 12.4. The smallest absolute Gasteiger partial charge is 0.181 e. The summed E-state index contributed by atoms with van der Waals surface area (Å²) >= 11 is 17.9. The van der Waals surface area contributed by atoms with Crippen LogP contribution in [-0.2, 0) is 9.84 Å². The standard InChI is InChI=1S/C16H16Cl3NO2S/c1-11(13-4-2-3-5-14(13)18)20-8-9-23(21,22)16-10-12(17)6-7-15(16)19/h2-7,10-11,20H,8-9H2,1H3/t11-/m1/s1. The summed E-state index contributed by atoms with van der Waals surface area (Å²) < 4.78 is 24.8. The van der Waals surface area contributed by atoms with Gasteiger partial charge in [-0.3, -0.25) is 0 Å². The lowest BCUT2D eigenvalue weighted by Crippen LogP contribution is -2.26. The largest absolute Gasteiger partial charge is 0.309 e. The van der Waals surface area contributed by atoms with Crippen LogP contribution >= 0.6 is 34.8 Å². The lowest BCUT2D eigenvalue weighted by molar-refractivity contribution is 0.572. The number of sulfone groups is 1. The van der Waals surface area contributed by atoms with Gasteiger partial charge in [-0.1, -0.05) is 53.0 Å². The Morgan fingerprint density at radius 2 is 1.74 bits per heavy atom. The van der Waals surface area contributed by atoms with Crippen LogP contribution < -0.4 is 5.32 Å². The fraction of sp³-hybridized carbons (Fsp3) is 0.250. The fourth-order valence-electron chi connectivity index (χ4n) is 2.17. The van der Waals surface area contributed by atoms with E-state index in [1.165, 1.54) is 12.1 Å². The Morgan fingerprint density at radius 3 is 2.43 bits per heavy atom. The van der Waals surface area contributed by atoms with Gasteiger partial charge in [-0.15, -0.1) is 0 Å². The molecular weight excluding hydrogens is 377 g/mol. The lowest BCUT2D eigenvalue weighted by atomic mass is 10.1. The van der Waals surface area contributed by atoms with Gasteiger partial charge in [-0.05, 0) is 36.8 Å². The minimum atomic E-state index is -3.51. The molecule has 0 saturated heterocycles. The van der Waals surface area contributed by atoms with Gasteiger partial charge in [-0.2, -0.15) is 0 Å². The van der Waals surface area contributed by atoms with E-state index < -0.39 is 9.84 Å². The van der Waals surface area contributed by atoms with Crippen molar-refractivity contribution in [1.82, 2.24) is 5.32 Å². The molecule has 0 bridgehead atoms. The topological polar surface area (TPSA) is 46.2 Å². The van der Waals surface area contributed by atoms with E-state index in [0.717, 1.165) is 5.56 Å². The SMILES string of the molecule is C[C@@H](NCCS(=O)(=O)c1cc(Cl)ccc1Cl)c1ccccc1Cl. The number of hydrogen-bond donors (Lipinski definition) is 1. The quantitative estimate of drug-likeness (QED) is 0.770. The van der Waals surface area contributed by atoms with Crippen LogP contribution in [0, 0.1) is 0 Å². The van der Waals surface area contributed by atoms with E-state index >= 15 is 0 Å². The van der Waals surface area contributed by atoms with E-state index in [1.807, 2.05) is 25.1 Å². The molecule has 1 N–H and O–H groups in total. The molecule has 0 amide bonds. The van der Waals surface area contributed by atoms with Crippen LogP contribution in [0.5, 0.6) is 0 Å². The molecule has 0 aliphatic heterocycles. The van der Waals surface area contributed by atoms with E-state index in [0.29, 0.717) is 10.0 Å². The predicted molar refractivity (Wildman–Crippen MR) is 96.4 cm³/mol. The minimum Gasteiger partial charge on any atom is -0.309 e. The molecule has 0 aliphatic carbocycles. The number of benzene rings is 2. The molecule has 0 fully saturated rings. The summed E-state index contributed by atoms with van der Waals surface area (Å²) in [4.78, 5) is 0.0545. The highest BCUT2D eigenvalue weighted by Crippen LogP contribution is 2.26. The van der Waals surface area contributed by atoms with Gasteiger partial charge in [0, 0.05) is 22.6 Å². The average molecular weight is 393 g/mol. The Hall–Kier alpha value is -0.780. The third kappa shape index (κ3) is 4.85. The Labute approximate surface area is 151 Å². The third-order valence-corrected chi connectivity index (χ3v) is 6.19. The van der Waals surface area contributed by atoms with Crippen LogP contribution in [0.4, 0.5) is 0 Å². The van der Waals surface area contributed by atoms with E-state index in [4.69, 9.17) is 34.8 Å². The zero-order valence-electron chi connectivity index (χ0n) is 12.4. The first-order chi connectivity index (χ1) is 10.8. The lowest BCUT2D eigenvalue weighted by Gasteiger charge is -2.16. The maximum Gasteiger partial charge on any atom is 0.181 e. The molecule has 0 unspecified atom stereocenters. The second-order valence-corrected chi connectivity index (χ2v) is 8.42. The van der Waals surface area contributed by atoms with Crippen LogP contribution in [0.3, 0.4) is 0 Å². The monoisotopic (exact) mass is 391 g/mol. The van der Waals surface area contributed by atoms with Crippen molar-refractivity contribution >= 4 is 44.6 Å². The highest BCUT2D eigenvalue weighted by molar-refractivity contribution is 7.91. The molecule has 7 heteroatoms. The van der Waals surface area contributed by atoms with Crippen molar-refractivity contribution in [2.75, 3.05) is 12.3 Å². The van der Waals surface area contributed by atoms with Crippen LogP contribution in [0.2, 0.25) is 15.1 Å². The summed E-state index contributed by atoms with van der Waals surface area (Å²) in [6.45, 7) is 2.21. The molecule has 23 heavy (non-hydrogen) atoms. The van der Waals surface area contributed by atoms with Crippen molar-refractivity contribution < 1.29 is 8.42 Å². The molecule has 0 spiro atoms. The molecule has 0 aromatic heterocycles. The van der Waals surface area contributed by atoms with E-state index in [1.54, 1.807) is 12.1 Å². The fourth-order valence-corrected chi connectivity index (χ4v) is 4.46. The zero-order chi connectivity index (χ0) is 17.0. The molecule has 1 atom stereocenters. The van der Waals surface area contributed by atoms with Gasteiger partial charge in [0.25, 0.3) is 0 Å².